The van der Waals surface area contributed by atoms with Crippen LogP contribution < -0.4 is 10.6 Å². The molecule has 22 heavy (non-hydrogen) atoms. The van der Waals surface area contributed by atoms with Crippen molar-refractivity contribution in [2.75, 3.05) is 44.4 Å². The molecule has 118 valence electrons. The van der Waals surface area contributed by atoms with Gasteiger partial charge in [0.25, 0.3) is 0 Å². The summed E-state index contributed by atoms with van der Waals surface area (Å²) in [6, 6.07) is 9.78. The number of anilines is 2. The summed E-state index contributed by atoms with van der Waals surface area (Å²) in [5.74, 6) is 1.47. The third-order valence-corrected chi connectivity index (χ3v) is 3.34. The van der Waals surface area contributed by atoms with Gasteiger partial charge in [-0.05, 0) is 44.3 Å². The predicted octanol–water partition coefficient (Wildman–Crippen LogP) is 2.76. The van der Waals surface area contributed by atoms with Gasteiger partial charge in [0.2, 0.25) is 5.95 Å². The van der Waals surface area contributed by atoms with Crippen molar-refractivity contribution < 1.29 is 0 Å². The fraction of sp³-hybridized carbons (Fsp3) is 0.375. The second-order valence-electron chi connectivity index (χ2n) is 5.30. The average Bonchev–Trinajstić information content (AvgIpc) is 2.47. The Morgan fingerprint density at radius 1 is 1.14 bits per heavy atom. The van der Waals surface area contributed by atoms with E-state index in [4.69, 9.17) is 11.6 Å². The minimum Gasteiger partial charge on any atom is -0.370 e. The summed E-state index contributed by atoms with van der Waals surface area (Å²) in [6.07, 6.45) is 2.65. The van der Waals surface area contributed by atoms with Crippen LogP contribution in [0.15, 0.2) is 36.5 Å². The van der Waals surface area contributed by atoms with Crippen molar-refractivity contribution in [2.24, 2.45) is 0 Å². The number of halogens is 1. The fourth-order valence-corrected chi connectivity index (χ4v) is 2.17. The molecule has 0 saturated carbocycles. The van der Waals surface area contributed by atoms with Crippen LogP contribution in [0.4, 0.5) is 11.8 Å². The lowest BCUT2D eigenvalue weighted by Gasteiger charge is -2.11. The number of benzene rings is 1. The van der Waals surface area contributed by atoms with E-state index in [1.807, 2.05) is 38.4 Å². The molecule has 6 heteroatoms. The van der Waals surface area contributed by atoms with E-state index in [1.165, 1.54) is 5.56 Å². The Bertz CT molecular complexity index is 588. The molecule has 0 aliphatic heterocycles. The predicted molar refractivity (Wildman–Crippen MR) is 92.7 cm³/mol. The monoisotopic (exact) mass is 319 g/mol. The fourth-order valence-electron chi connectivity index (χ4n) is 1.96. The molecular weight excluding hydrogens is 298 g/mol. The number of likely N-dealkylation sites (N-methyl/N-ethyl adjacent to an activating group) is 1. The van der Waals surface area contributed by atoms with Gasteiger partial charge in [0.1, 0.15) is 5.82 Å². The molecule has 0 fully saturated rings. The van der Waals surface area contributed by atoms with Crippen molar-refractivity contribution in [3.8, 4) is 0 Å². The molecule has 1 heterocycles. The number of aromatic nitrogens is 2. The van der Waals surface area contributed by atoms with Crippen LogP contribution >= 0.6 is 11.6 Å². The lowest BCUT2D eigenvalue weighted by molar-refractivity contribution is 0.425. The van der Waals surface area contributed by atoms with Crippen LogP contribution in [0.25, 0.3) is 0 Å². The van der Waals surface area contributed by atoms with Gasteiger partial charge in [0, 0.05) is 30.9 Å². The van der Waals surface area contributed by atoms with Gasteiger partial charge in [0.15, 0.2) is 0 Å². The SMILES string of the molecule is CN(C)CCNc1nccc(NCCc2cccc(Cl)c2)n1. The Morgan fingerprint density at radius 2 is 2.00 bits per heavy atom. The van der Waals surface area contributed by atoms with E-state index in [0.717, 1.165) is 36.9 Å². The summed E-state index contributed by atoms with van der Waals surface area (Å²) in [7, 11) is 4.08. The molecular formula is C16H22ClN5. The Labute approximate surface area is 136 Å². The topological polar surface area (TPSA) is 53.1 Å². The highest BCUT2D eigenvalue weighted by Gasteiger charge is 2.00. The minimum absolute atomic E-state index is 0.648. The normalized spacial score (nSPS) is 10.7. The van der Waals surface area contributed by atoms with Crippen LogP contribution in [0.1, 0.15) is 5.56 Å². The van der Waals surface area contributed by atoms with Gasteiger partial charge in [-0.3, -0.25) is 0 Å². The maximum atomic E-state index is 5.98. The van der Waals surface area contributed by atoms with Gasteiger partial charge in [-0.2, -0.15) is 4.98 Å². The second-order valence-corrected chi connectivity index (χ2v) is 5.74. The van der Waals surface area contributed by atoms with Gasteiger partial charge in [-0.1, -0.05) is 23.7 Å². The lowest BCUT2D eigenvalue weighted by Crippen LogP contribution is -2.21. The Hall–Kier alpha value is -1.85. The molecule has 0 radical (unpaired) electrons. The Balaban J connectivity index is 1.80. The van der Waals surface area contributed by atoms with Crippen molar-refractivity contribution >= 4 is 23.4 Å². The zero-order valence-electron chi connectivity index (χ0n) is 13.0. The number of rotatable bonds is 8. The van der Waals surface area contributed by atoms with Crippen LogP contribution in [0.3, 0.4) is 0 Å². The lowest BCUT2D eigenvalue weighted by atomic mass is 10.1. The van der Waals surface area contributed by atoms with Crippen molar-refractivity contribution in [3.05, 3.63) is 47.1 Å². The molecule has 1 aromatic carbocycles. The molecule has 0 atom stereocenters. The zero-order chi connectivity index (χ0) is 15.8. The summed E-state index contributed by atoms with van der Waals surface area (Å²) < 4.78 is 0. The van der Waals surface area contributed by atoms with Crippen LogP contribution in [0.5, 0.6) is 0 Å². The second kappa shape index (κ2) is 8.56. The molecule has 0 amide bonds. The van der Waals surface area contributed by atoms with E-state index >= 15 is 0 Å². The van der Waals surface area contributed by atoms with E-state index in [0.29, 0.717) is 5.95 Å². The molecule has 2 rings (SSSR count). The molecule has 1 aromatic heterocycles. The molecule has 2 aromatic rings. The van der Waals surface area contributed by atoms with Gasteiger partial charge >= 0.3 is 0 Å². The molecule has 0 unspecified atom stereocenters. The highest BCUT2D eigenvalue weighted by atomic mass is 35.5. The third kappa shape index (κ3) is 5.87. The highest BCUT2D eigenvalue weighted by Crippen LogP contribution is 2.11. The summed E-state index contributed by atoms with van der Waals surface area (Å²) >= 11 is 5.98. The molecule has 5 nitrogen and oxygen atoms in total. The first kappa shape index (κ1) is 16.5. The van der Waals surface area contributed by atoms with Gasteiger partial charge in [-0.15, -0.1) is 0 Å². The molecule has 0 aliphatic carbocycles. The van der Waals surface area contributed by atoms with Crippen LogP contribution in [0, 0.1) is 0 Å². The van der Waals surface area contributed by atoms with Crippen LogP contribution in [-0.2, 0) is 6.42 Å². The van der Waals surface area contributed by atoms with Crippen LogP contribution in [-0.4, -0.2) is 48.6 Å². The maximum Gasteiger partial charge on any atom is 0.224 e. The van der Waals surface area contributed by atoms with Gasteiger partial charge < -0.3 is 15.5 Å². The standard InChI is InChI=1S/C16H22ClN5/c1-22(2)11-10-20-16-19-9-7-15(21-16)18-8-6-13-4-3-5-14(17)12-13/h3-5,7,9,12H,6,8,10-11H2,1-2H3,(H2,18,19,20,21). The van der Waals surface area contributed by atoms with E-state index < -0.39 is 0 Å². The highest BCUT2D eigenvalue weighted by molar-refractivity contribution is 6.30. The van der Waals surface area contributed by atoms with Gasteiger partial charge in [-0.25, -0.2) is 4.98 Å². The summed E-state index contributed by atoms with van der Waals surface area (Å²) in [4.78, 5) is 10.8. The van der Waals surface area contributed by atoms with E-state index in [9.17, 15) is 0 Å². The van der Waals surface area contributed by atoms with E-state index in [2.05, 4.69) is 31.6 Å². The number of nitrogens with zero attached hydrogens (tertiary/aromatic N) is 3. The average molecular weight is 320 g/mol. The van der Waals surface area contributed by atoms with Crippen molar-refractivity contribution in [2.45, 2.75) is 6.42 Å². The van der Waals surface area contributed by atoms with Crippen LogP contribution in [0.2, 0.25) is 5.02 Å². The molecule has 0 saturated heterocycles. The first-order valence-electron chi connectivity index (χ1n) is 7.33. The molecule has 0 bridgehead atoms. The zero-order valence-corrected chi connectivity index (χ0v) is 13.8. The van der Waals surface area contributed by atoms with E-state index in [-0.39, 0.29) is 0 Å². The van der Waals surface area contributed by atoms with Crippen molar-refractivity contribution in [1.29, 1.82) is 0 Å². The molecule has 2 N–H and O–H groups in total. The number of hydrogen-bond donors (Lipinski definition) is 2. The third-order valence-electron chi connectivity index (χ3n) is 3.11. The largest absolute Gasteiger partial charge is 0.370 e. The molecule has 0 spiro atoms. The number of nitrogens with one attached hydrogen (secondary N) is 2. The summed E-state index contributed by atoms with van der Waals surface area (Å²) in [6.45, 7) is 2.56. The summed E-state index contributed by atoms with van der Waals surface area (Å²) in [5, 5.41) is 7.29. The van der Waals surface area contributed by atoms with Gasteiger partial charge in [0.05, 0.1) is 0 Å². The smallest absolute Gasteiger partial charge is 0.224 e. The Kier molecular flexibility index (Phi) is 6.43. The van der Waals surface area contributed by atoms with Crippen molar-refractivity contribution in [3.63, 3.8) is 0 Å². The molecule has 0 aliphatic rings. The maximum absolute atomic E-state index is 5.98. The minimum atomic E-state index is 0.648. The van der Waals surface area contributed by atoms with Crippen molar-refractivity contribution in [1.82, 2.24) is 14.9 Å². The first-order chi connectivity index (χ1) is 10.6. The summed E-state index contributed by atoms with van der Waals surface area (Å²) in [5.41, 5.74) is 1.21. The first-order valence-corrected chi connectivity index (χ1v) is 7.71. The number of hydrogen-bond acceptors (Lipinski definition) is 5. The van der Waals surface area contributed by atoms with E-state index in [1.54, 1.807) is 6.20 Å². The quantitative estimate of drug-likeness (QED) is 0.783. The Morgan fingerprint density at radius 3 is 2.77 bits per heavy atom.